The van der Waals surface area contributed by atoms with E-state index in [1.54, 1.807) is 18.5 Å². The van der Waals surface area contributed by atoms with Gasteiger partial charge in [-0.2, -0.15) is 0 Å². The maximum absolute atomic E-state index is 11.7. The van der Waals surface area contributed by atoms with Crippen LogP contribution in [0, 0.1) is 0 Å². The molecule has 114 valence electrons. The van der Waals surface area contributed by atoms with E-state index in [0.29, 0.717) is 0 Å². The molecule has 2 aliphatic rings. The number of thioether (sulfide) groups is 1. The van der Waals surface area contributed by atoms with Gasteiger partial charge in [-0.05, 0) is 31.7 Å². The third-order valence-corrected chi connectivity index (χ3v) is 5.28. The fourth-order valence-electron chi connectivity index (χ4n) is 2.71. The van der Waals surface area contributed by atoms with E-state index in [2.05, 4.69) is 15.3 Å². The summed E-state index contributed by atoms with van der Waals surface area (Å²) in [5, 5.41) is 2.49. The SMILES string of the molecule is O=C(Nc1ncccn1)OCC1CSC2(CCCCC2)O1. The van der Waals surface area contributed by atoms with Crippen LogP contribution in [0.3, 0.4) is 0 Å². The van der Waals surface area contributed by atoms with Crippen molar-refractivity contribution in [2.45, 2.75) is 43.1 Å². The molecule has 1 aromatic rings. The summed E-state index contributed by atoms with van der Waals surface area (Å²) in [4.78, 5) is 19.5. The van der Waals surface area contributed by atoms with Crippen LogP contribution >= 0.6 is 11.8 Å². The van der Waals surface area contributed by atoms with Gasteiger partial charge in [0, 0.05) is 18.1 Å². The highest BCUT2D eigenvalue weighted by molar-refractivity contribution is 8.00. The van der Waals surface area contributed by atoms with Gasteiger partial charge in [-0.3, -0.25) is 5.32 Å². The number of nitrogens with zero attached hydrogens (tertiary/aromatic N) is 2. The maximum atomic E-state index is 11.7. The third-order valence-electron chi connectivity index (χ3n) is 3.71. The Morgan fingerprint density at radius 2 is 2.14 bits per heavy atom. The molecule has 1 unspecified atom stereocenters. The first-order valence-corrected chi connectivity index (χ1v) is 8.27. The zero-order chi connectivity index (χ0) is 14.5. The Morgan fingerprint density at radius 1 is 1.38 bits per heavy atom. The molecule has 1 aliphatic heterocycles. The predicted molar refractivity (Wildman–Crippen MR) is 80.1 cm³/mol. The molecule has 3 rings (SSSR count). The van der Waals surface area contributed by atoms with E-state index in [1.807, 2.05) is 11.8 Å². The summed E-state index contributed by atoms with van der Waals surface area (Å²) >= 11 is 1.87. The second-order valence-electron chi connectivity index (χ2n) is 5.32. The Balaban J connectivity index is 1.42. The topological polar surface area (TPSA) is 73.3 Å². The lowest BCUT2D eigenvalue weighted by atomic mass is 9.97. The molecule has 1 amide bonds. The number of ether oxygens (including phenoxy) is 2. The van der Waals surface area contributed by atoms with Crippen molar-refractivity contribution in [3.63, 3.8) is 0 Å². The maximum Gasteiger partial charge on any atom is 0.414 e. The molecular weight excluding hydrogens is 290 g/mol. The Hall–Kier alpha value is -1.34. The van der Waals surface area contributed by atoms with Crippen LogP contribution in [0.25, 0.3) is 0 Å². The third kappa shape index (κ3) is 3.85. The second-order valence-corrected chi connectivity index (χ2v) is 6.68. The van der Waals surface area contributed by atoms with E-state index >= 15 is 0 Å². The van der Waals surface area contributed by atoms with Crippen molar-refractivity contribution in [1.82, 2.24) is 9.97 Å². The number of rotatable bonds is 3. The Labute approximate surface area is 128 Å². The van der Waals surface area contributed by atoms with Crippen LogP contribution < -0.4 is 5.32 Å². The van der Waals surface area contributed by atoms with Crippen LogP contribution in [-0.4, -0.2) is 39.5 Å². The summed E-state index contributed by atoms with van der Waals surface area (Å²) < 4.78 is 11.3. The minimum Gasteiger partial charge on any atom is -0.446 e. The van der Waals surface area contributed by atoms with E-state index in [-0.39, 0.29) is 23.6 Å². The molecule has 7 heteroatoms. The van der Waals surface area contributed by atoms with Crippen LogP contribution in [0.1, 0.15) is 32.1 Å². The van der Waals surface area contributed by atoms with Crippen molar-refractivity contribution in [2.24, 2.45) is 0 Å². The normalized spacial score (nSPS) is 23.9. The lowest BCUT2D eigenvalue weighted by Gasteiger charge is -2.32. The molecule has 1 aliphatic carbocycles. The zero-order valence-corrected chi connectivity index (χ0v) is 12.6. The quantitative estimate of drug-likeness (QED) is 0.925. The van der Waals surface area contributed by atoms with Crippen LogP contribution in [0.5, 0.6) is 0 Å². The monoisotopic (exact) mass is 309 g/mol. The van der Waals surface area contributed by atoms with Gasteiger partial charge in [0.25, 0.3) is 0 Å². The fourth-order valence-corrected chi connectivity index (χ4v) is 4.15. The molecule has 2 fully saturated rings. The van der Waals surface area contributed by atoms with Gasteiger partial charge in [0.2, 0.25) is 5.95 Å². The number of hydrogen-bond donors (Lipinski definition) is 1. The number of anilines is 1. The van der Waals surface area contributed by atoms with Crippen molar-refractivity contribution in [3.8, 4) is 0 Å². The number of carbonyl (C=O) groups is 1. The van der Waals surface area contributed by atoms with E-state index in [1.165, 1.54) is 19.3 Å². The molecule has 1 N–H and O–H groups in total. The molecule has 0 radical (unpaired) electrons. The van der Waals surface area contributed by atoms with Gasteiger partial charge in [-0.15, -0.1) is 11.8 Å². The fraction of sp³-hybridized carbons (Fsp3) is 0.643. The summed E-state index contributed by atoms with van der Waals surface area (Å²) in [6.07, 6.45) is 8.54. The molecule has 1 atom stereocenters. The number of hydrogen-bond acceptors (Lipinski definition) is 6. The smallest absolute Gasteiger partial charge is 0.414 e. The van der Waals surface area contributed by atoms with Gasteiger partial charge in [-0.1, -0.05) is 6.42 Å². The molecule has 1 saturated heterocycles. The first-order valence-electron chi connectivity index (χ1n) is 7.28. The molecule has 1 aromatic heterocycles. The van der Waals surface area contributed by atoms with Gasteiger partial charge >= 0.3 is 6.09 Å². The average molecular weight is 309 g/mol. The highest BCUT2D eigenvalue weighted by atomic mass is 32.2. The van der Waals surface area contributed by atoms with E-state index < -0.39 is 6.09 Å². The summed E-state index contributed by atoms with van der Waals surface area (Å²) in [6.45, 7) is 0.271. The summed E-state index contributed by atoms with van der Waals surface area (Å²) in [5.41, 5.74) is 0. The van der Waals surface area contributed by atoms with Crippen LogP contribution in [-0.2, 0) is 9.47 Å². The Bertz CT molecular complexity index is 480. The first-order chi connectivity index (χ1) is 10.3. The molecule has 6 nitrogen and oxygen atoms in total. The number of amides is 1. The Morgan fingerprint density at radius 3 is 2.90 bits per heavy atom. The molecule has 1 saturated carbocycles. The van der Waals surface area contributed by atoms with Gasteiger partial charge in [0.05, 0.1) is 0 Å². The minimum atomic E-state index is -0.542. The molecule has 1 spiro atoms. The van der Waals surface area contributed by atoms with Crippen molar-refractivity contribution < 1.29 is 14.3 Å². The van der Waals surface area contributed by atoms with Crippen LogP contribution in [0.2, 0.25) is 0 Å². The van der Waals surface area contributed by atoms with Crippen molar-refractivity contribution in [2.75, 3.05) is 17.7 Å². The van der Waals surface area contributed by atoms with Gasteiger partial charge in [0.15, 0.2) is 0 Å². The number of carbonyl (C=O) groups excluding carboxylic acids is 1. The molecular formula is C14H19N3O3S. The van der Waals surface area contributed by atoms with E-state index in [0.717, 1.165) is 18.6 Å². The lowest BCUT2D eigenvalue weighted by molar-refractivity contribution is -0.0493. The molecule has 0 aromatic carbocycles. The number of nitrogens with one attached hydrogen (secondary N) is 1. The van der Waals surface area contributed by atoms with Crippen molar-refractivity contribution in [1.29, 1.82) is 0 Å². The molecule has 21 heavy (non-hydrogen) atoms. The van der Waals surface area contributed by atoms with Crippen molar-refractivity contribution >= 4 is 23.8 Å². The van der Waals surface area contributed by atoms with Gasteiger partial charge in [-0.25, -0.2) is 14.8 Å². The predicted octanol–water partition coefficient (Wildman–Crippen LogP) is 2.82. The standard InChI is InChI=1S/C14H19N3O3S/c18-13(17-12-15-7-4-8-16-12)19-9-11-10-21-14(20-11)5-2-1-3-6-14/h4,7-8,11H,1-3,5-6,9-10H2,(H,15,16,17,18). The lowest BCUT2D eigenvalue weighted by Crippen LogP contribution is -2.31. The summed E-state index contributed by atoms with van der Waals surface area (Å²) in [6, 6.07) is 1.68. The molecule has 2 heterocycles. The molecule has 0 bridgehead atoms. The van der Waals surface area contributed by atoms with Gasteiger partial charge in [0.1, 0.15) is 17.6 Å². The van der Waals surface area contributed by atoms with Crippen LogP contribution in [0.15, 0.2) is 18.5 Å². The summed E-state index contributed by atoms with van der Waals surface area (Å²) in [7, 11) is 0. The zero-order valence-electron chi connectivity index (χ0n) is 11.8. The minimum absolute atomic E-state index is 0.0180. The number of aromatic nitrogens is 2. The van der Waals surface area contributed by atoms with E-state index in [9.17, 15) is 4.79 Å². The first kappa shape index (κ1) is 14.6. The highest BCUT2D eigenvalue weighted by Gasteiger charge is 2.42. The van der Waals surface area contributed by atoms with Gasteiger partial charge < -0.3 is 9.47 Å². The largest absolute Gasteiger partial charge is 0.446 e. The van der Waals surface area contributed by atoms with E-state index in [4.69, 9.17) is 9.47 Å². The average Bonchev–Trinajstić information content (AvgIpc) is 2.90. The second kappa shape index (κ2) is 6.62. The highest BCUT2D eigenvalue weighted by Crippen LogP contribution is 2.46. The van der Waals surface area contributed by atoms with Crippen molar-refractivity contribution in [3.05, 3.63) is 18.5 Å². The summed E-state index contributed by atoms with van der Waals surface area (Å²) in [5.74, 6) is 1.13. The van der Waals surface area contributed by atoms with Crippen LogP contribution in [0.4, 0.5) is 10.7 Å². The Kier molecular flexibility index (Phi) is 4.60.